The van der Waals surface area contributed by atoms with Crippen LogP contribution in [0.15, 0.2) is 23.3 Å². The number of hydrogen-bond acceptors (Lipinski definition) is 13. The molecule has 14 heteroatoms. The molecule has 0 aromatic heterocycles. The molecule has 0 aliphatic carbocycles. The van der Waals surface area contributed by atoms with Crippen molar-refractivity contribution in [2.45, 2.75) is 215 Å². The average Bonchev–Trinajstić information content (AvgIpc) is 3.82. The Morgan fingerprint density at radius 3 is 1.41 bits per heavy atom. The second-order valence-corrected chi connectivity index (χ2v) is 19.9. The number of carbonyl (C=O) groups is 6. The summed E-state index contributed by atoms with van der Waals surface area (Å²) in [5, 5.41) is 2.85. The molecule has 0 aromatic carbocycles. The van der Waals surface area contributed by atoms with E-state index in [1.807, 2.05) is 0 Å². The van der Waals surface area contributed by atoms with Crippen LogP contribution in [0.25, 0.3) is 0 Å². The Morgan fingerprint density at radius 1 is 0.522 bits per heavy atom. The number of likely N-dealkylation sites (tertiary alicyclic amines) is 1. The minimum absolute atomic E-state index is 0.0261. The topological polar surface area (TPSA) is 173 Å². The molecule has 1 N–H and O–H groups in total. The van der Waals surface area contributed by atoms with Crippen LogP contribution >= 0.6 is 0 Å². The summed E-state index contributed by atoms with van der Waals surface area (Å²) in [5.74, 6) is -1.47. The lowest BCUT2D eigenvalue weighted by molar-refractivity contribution is -0.154. The maximum absolute atomic E-state index is 13.0. The van der Waals surface area contributed by atoms with E-state index in [-0.39, 0.29) is 51.0 Å². The number of hydrogen-bond donors (Lipinski definition) is 1. The van der Waals surface area contributed by atoms with Gasteiger partial charge in [0.25, 0.3) is 0 Å². The van der Waals surface area contributed by atoms with Crippen LogP contribution in [-0.2, 0) is 52.4 Å². The van der Waals surface area contributed by atoms with Gasteiger partial charge >= 0.3 is 35.9 Å². The van der Waals surface area contributed by atoms with Crippen molar-refractivity contribution in [3.63, 3.8) is 0 Å². The number of ether oxygens (including phenoxy) is 6. The molecule has 1 amide bonds. The maximum Gasteiger partial charge on any atom is 0.407 e. The van der Waals surface area contributed by atoms with Crippen LogP contribution < -0.4 is 5.32 Å². The highest BCUT2D eigenvalue weighted by molar-refractivity contribution is 5.71. The van der Waals surface area contributed by atoms with E-state index in [0.717, 1.165) is 83.8 Å². The molecule has 1 rings (SSSR count). The summed E-state index contributed by atoms with van der Waals surface area (Å²) in [5.41, 5.74) is 2.62. The number of nitrogens with one attached hydrogen (secondary N) is 1. The van der Waals surface area contributed by atoms with Crippen LogP contribution in [0.4, 0.5) is 4.79 Å². The highest BCUT2D eigenvalue weighted by Gasteiger charge is 2.21. The van der Waals surface area contributed by atoms with E-state index >= 15 is 0 Å². The second-order valence-electron chi connectivity index (χ2n) is 19.9. The molecule has 1 heterocycles. The lowest BCUT2D eigenvalue weighted by Crippen LogP contribution is -2.35. The number of unbranched alkanes of at least 4 members (excludes halogenated alkanes) is 7. The monoisotopic (exact) mass is 977 g/mol. The van der Waals surface area contributed by atoms with Gasteiger partial charge in [-0.05, 0) is 149 Å². The summed E-state index contributed by atoms with van der Waals surface area (Å²) in [6, 6.07) is 0. The first kappa shape index (κ1) is 63.1. The molecule has 1 aliphatic rings. The minimum atomic E-state index is -0.598. The molecule has 1 aliphatic heterocycles. The van der Waals surface area contributed by atoms with E-state index in [4.69, 9.17) is 28.4 Å². The number of rotatable bonds is 42. The third-order valence-electron chi connectivity index (χ3n) is 12.4. The van der Waals surface area contributed by atoms with Crippen LogP contribution in [0.1, 0.15) is 209 Å². The van der Waals surface area contributed by atoms with Crippen molar-refractivity contribution in [3.8, 4) is 0 Å². The van der Waals surface area contributed by atoms with E-state index in [1.54, 1.807) is 0 Å². The van der Waals surface area contributed by atoms with Gasteiger partial charge in [0.15, 0.2) is 0 Å². The lowest BCUT2D eigenvalue weighted by Gasteiger charge is -2.20. The molecule has 398 valence electrons. The maximum atomic E-state index is 13.0. The predicted molar refractivity (Wildman–Crippen MR) is 271 cm³/mol. The van der Waals surface area contributed by atoms with Crippen molar-refractivity contribution >= 4 is 35.9 Å². The van der Waals surface area contributed by atoms with Gasteiger partial charge in [-0.3, -0.25) is 24.0 Å². The zero-order chi connectivity index (χ0) is 50.9. The summed E-state index contributed by atoms with van der Waals surface area (Å²) in [6.45, 7) is 18.7. The van der Waals surface area contributed by atoms with Gasteiger partial charge in [0.1, 0.15) is 25.9 Å². The summed E-state index contributed by atoms with van der Waals surface area (Å²) >= 11 is 0. The fourth-order valence-corrected chi connectivity index (χ4v) is 7.77. The van der Waals surface area contributed by atoms with Crippen LogP contribution in [0.2, 0.25) is 0 Å². The molecule has 1 fully saturated rings. The largest absolute Gasteiger partial charge is 0.466 e. The third-order valence-corrected chi connectivity index (χ3v) is 12.4. The highest BCUT2D eigenvalue weighted by atomic mass is 16.6. The normalized spacial score (nSPS) is 14.1. The lowest BCUT2D eigenvalue weighted by atomic mass is 10.0. The van der Waals surface area contributed by atoms with Crippen LogP contribution in [0, 0.1) is 17.8 Å². The molecular formula is C55H96N2O12. The number of carbonyl (C=O) groups excluding carboxylic acids is 6. The van der Waals surface area contributed by atoms with Gasteiger partial charge < -0.3 is 38.6 Å². The van der Waals surface area contributed by atoms with Crippen LogP contribution in [0.5, 0.6) is 0 Å². The summed E-state index contributed by atoms with van der Waals surface area (Å²) in [4.78, 5) is 78.0. The van der Waals surface area contributed by atoms with Crippen molar-refractivity contribution in [2.24, 2.45) is 17.8 Å². The predicted octanol–water partition coefficient (Wildman–Crippen LogP) is 11.7. The van der Waals surface area contributed by atoms with E-state index in [2.05, 4.69) is 70.8 Å². The zero-order valence-electron chi connectivity index (χ0n) is 44.4. The second kappa shape index (κ2) is 41.8. The van der Waals surface area contributed by atoms with E-state index in [0.29, 0.717) is 95.8 Å². The number of esters is 5. The number of allylic oxidation sites excluding steroid dienone is 4. The van der Waals surface area contributed by atoms with E-state index in [9.17, 15) is 28.8 Å². The summed E-state index contributed by atoms with van der Waals surface area (Å²) in [7, 11) is 0. The Bertz CT molecular complexity index is 1400. The van der Waals surface area contributed by atoms with Gasteiger partial charge in [0.2, 0.25) is 0 Å². The fourth-order valence-electron chi connectivity index (χ4n) is 7.77. The molecule has 3 atom stereocenters. The van der Waals surface area contributed by atoms with Gasteiger partial charge in [-0.2, -0.15) is 0 Å². The zero-order valence-corrected chi connectivity index (χ0v) is 44.4. The highest BCUT2D eigenvalue weighted by Crippen LogP contribution is 2.17. The molecular weight excluding hydrogens is 881 g/mol. The van der Waals surface area contributed by atoms with Crippen LogP contribution in [0.3, 0.4) is 0 Å². The number of alkyl carbamates (subject to hydrolysis) is 1. The van der Waals surface area contributed by atoms with Crippen LogP contribution in [-0.4, -0.2) is 106 Å². The van der Waals surface area contributed by atoms with Gasteiger partial charge in [-0.25, -0.2) is 4.79 Å². The van der Waals surface area contributed by atoms with Gasteiger partial charge in [-0.15, -0.1) is 0 Å². The molecule has 0 bridgehead atoms. The SMILES string of the molecule is CCCCCCC(CCC(=O)OCC(COC(=O)CCCCCC(=O)OCCC(C)CCC=C(C)C)COC(=O)CCCCCC(=O)OCCC(C)CCC=C(C)C)OC(=O)NCCN1CCCC1. The standard InChI is InChI=1S/C55H96N2O12/c1-8-9-10-13-26-49(69-55(63)56-35-38-57-36-18-19-37-57)31-32-54(62)68-43-48(41-66-52(60)29-16-11-14-27-50(58)64-39-33-46(6)24-20-22-44(2)3)42-67-53(61)30-17-12-15-28-51(59)65-40-34-47(7)25-21-23-45(4)5/h22-23,46-49H,8-21,24-43H2,1-7H3,(H,56,63). The molecule has 0 radical (unpaired) electrons. The molecule has 0 saturated carbocycles. The van der Waals surface area contributed by atoms with Crippen molar-refractivity contribution in [1.82, 2.24) is 10.2 Å². The molecule has 14 nitrogen and oxygen atoms in total. The molecule has 3 unspecified atom stereocenters. The Balaban J connectivity index is 2.60. The van der Waals surface area contributed by atoms with Crippen molar-refractivity contribution in [2.75, 3.05) is 59.2 Å². The quantitative estimate of drug-likeness (QED) is 0.0265. The van der Waals surface area contributed by atoms with Gasteiger partial charge in [-0.1, -0.05) is 76.2 Å². The first-order valence-corrected chi connectivity index (χ1v) is 26.9. The van der Waals surface area contributed by atoms with Crippen molar-refractivity contribution < 1.29 is 57.2 Å². The Hall–Kier alpha value is -3.94. The first-order valence-electron chi connectivity index (χ1n) is 26.9. The molecule has 0 spiro atoms. The minimum Gasteiger partial charge on any atom is -0.466 e. The molecule has 0 aromatic rings. The molecule has 69 heavy (non-hydrogen) atoms. The Morgan fingerprint density at radius 2 is 0.957 bits per heavy atom. The van der Waals surface area contributed by atoms with Crippen molar-refractivity contribution in [1.29, 1.82) is 0 Å². The van der Waals surface area contributed by atoms with Gasteiger partial charge in [0, 0.05) is 45.2 Å². The summed E-state index contributed by atoms with van der Waals surface area (Å²) in [6.07, 6.45) is 21.2. The smallest absolute Gasteiger partial charge is 0.407 e. The summed E-state index contributed by atoms with van der Waals surface area (Å²) < 4.78 is 33.3. The van der Waals surface area contributed by atoms with Crippen molar-refractivity contribution in [3.05, 3.63) is 23.3 Å². The average molecular weight is 977 g/mol. The van der Waals surface area contributed by atoms with E-state index < -0.39 is 36.0 Å². The number of nitrogens with zero attached hydrogens (tertiary/aromatic N) is 1. The van der Waals surface area contributed by atoms with Gasteiger partial charge in [0.05, 0.1) is 19.1 Å². The number of amides is 1. The Labute approximate surface area is 417 Å². The first-order chi connectivity index (χ1) is 33.2. The third kappa shape index (κ3) is 39.5. The Kier molecular flexibility index (Phi) is 38.2. The van der Waals surface area contributed by atoms with E-state index in [1.165, 1.54) is 24.0 Å². The molecule has 1 saturated heterocycles. The fraction of sp³-hybridized carbons (Fsp3) is 0.818.